The summed E-state index contributed by atoms with van der Waals surface area (Å²) in [6.07, 6.45) is 4.75. The molecular weight excluding hydrogens is 487 g/mol. The van der Waals surface area contributed by atoms with Crippen LogP contribution in [-0.2, 0) is 16.0 Å². The fourth-order valence-corrected chi connectivity index (χ4v) is 2.88. The fourth-order valence-electron chi connectivity index (χ4n) is 2.88. The highest BCUT2D eigenvalue weighted by atomic mass is 19.4. The highest BCUT2D eigenvalue weighted by Crippen LogP contribution is 2.26. The van der Waals surface area contributed by atoms with Crippen LogP contribution >= 0.6 is 0 Å². The van der Waals surface area contributed by atoms with Gasteiger partial charge in [-0.3, -0.25) is 9.98 Å². The van der Waals surface area contributed by atoms with Gasteiger partial charge in [-0.05, 0) is 53.6 Å². The number of alkyl halides is 3. The molecule has 0 bridgehead atoms. The lowest BCUT2D eigenvalue weighted by atomic mass is 10.1. The molecule has 2 heterocycles. The molecule has 12 heteroatoms. The molecule has 0 fully saturated rings. The van der Waals surface area contributed by atoms with E-state index in [-0.39, 0.29) is 18.3 Å². The maximum absolute atomic E-state index is 12.9. The van der Waals surface area contributed by atoms with Crippen molar-refractivity contribution >= 4 is 17.8 Å². The van der Waals surface area contributed by atoms with Crippen molar-refractivity contribution in [2.24, 2.45) is 9.98 Å². The number of pyridine rings is 1. The van der Waals surface area contributed by atoms with Crippen molar-refractivity contribution in [3.63, 3.8) is 0 Å². The molecule has 0 radical (unpaired) electrons. The van der Waals surface area contributed by atoms with E-state index in [1.807, 2.05) is 6.07 Å². The predicted octanol–water partition coefficient (Wildman–Crippen LogP) is 4.74. The van der Waals surface area contributed by atoms with Crippen molar-refractivity contribution in [1.29, 1.82) is 0 Å². The SMILES string of the molecule is C=C/C(=C\C=C(/C)OC/C(C)=C(/C=NC)C(=NC(=C)c1cncc(Cn2cnnn2)c1)OC)C(F)(F)F. The van der Waals surface area contributed by atoms with Crippen molar-refractivity contribution in [2.75, 3.05) is 20.8 Å². The third-order valence-electron chi connectivity index (χ3n) is 4.80. The Balaban J connectivity index is 2.25. The van der Waals surface area contributed by atoms with E-state index in [9.17, 15) is 13.2 Å². The number of nitrogens with zero attached hydrogens (tertiary/aromatic N) is 7. The number of hydrogen-bond donors (Lipinski definition) is 0. The molecule has 0 aliphatic carbocycles. The minimum absolute atomic E-state index is 0.0603. The van der Waals surface area contributed by atoms with Gasteiger partial charge in [-0.15, -0.1) is 5.10 Å². The molecule has 0 amide bonds. The summed E-state index contributed by atoms with van der Waals surface area (Å²) in [6, 6.07) is 1.86. The first-order chi connectivity index (χ1) is 17.6. The van der Waals surface area contributed by atoms with Crippen molar-refractivity contribution in [2.45, 2.75) is 26.6 Å². The first-order valence-electron chi connectivity index (χ1n) is 10.9. The smallest absolute Gasteiger partial charge is 0.416 e. The molecule has 0 unspecified atom stereocenters. The third-order valence-corrected chi connectivity index (χ3v) is 4.80. The Morgan fingerprint density at radius 2 is 1.97 bits per heavy atom. The molecule has 0 spiro atoms. The van der Waals surface area contributed by atoms with Gasteiger partial charge in [0.2, 0.25) is 5.90 Å². The van der Waals surface area contributed by atoms with E-state index in [4.69, 9.17) is 9.47 Å². The summed E-state index contributed by atoms with van der Waals surface area (Å²) in [5.41, 5.74) is 2.25. The van der Waals surface area contributed by atoms with E-state index in [2.05, 4.69) is 43.7 Å². The molecule has 0 aliphatic heterocycles. The number of rotatable bonds is 11. The standard InChI is InChI=1S/C25H28F3N7O2/c1-7-22(25(26,27)28)9-8-18(3)37-15-17(2)23(13-29-5)24(36-6)32-19(4)21-10-20(11-30-12-21)14-35-16-31-33-34-35/h7-13,16H,1,4,14-15H2,2-3,5-6H3/b18-8+,22-9+,23-17-,29-13?,32-24?. The van der Waals surface area contributed by atoms with E-state index < -0.39 is 11.7 Å². The molecule has 0 saturated heterocycles. The Kier molecular flexibility index (Phi) is 10.7. The zero-order valence-electron chi connectivity index (χ0n) is 21.0. The summed E-state index contributed by atoms with van der Waals surface area (Å²) >= 11 is 0. The van der Waals surface area contributed by atoms with Crippen LogP contribution in [0.15, 0.2) is 88.6 Å². The van der Waals surface area contributed by atoms with Crippen LogP contribution in [0.3, 0.4) is 0 Å². The monoisotopic (exact) mass is 515 g/mol. The number of tetrazole rings is 1. The molecule has 196 valence electrons. The molecule has 2 rings (SSSR count). The summed E-state index contributed by atoms with van der Waals surface area (Å²) in [5.74, 6) is 0.511. The van der Waals surface area contributed by atoms with Crippen molar-refractivity contribution < 1.29 is 22.6 Å². The van der Waals surface area contributed by atoms with Crippen LogP contribution in [0.1, 0.15) is 25.0 Å². The normalized spacial score (nSPS) is 14.0. The predicted molar refractivity (Wildman–Crippen MR) is 136 cm³/mol. The lowest BCUT2D eigenvalue weighted by Gasteiger charge is -2.13. The van der Waals surface area contributed by atoms with Crippen molar-refractivity contribution in [3.05, 3.63) is 89.8 Å². The fraction of sp³-hybridized carbons (Fsp3) is 0.280. The number of halogens is 3. The molecule has 0 saturated carbocycles. The van der Waals surface area contributed by atoms with Gasteiger partial charge in [0, 0.05) is 31.2 Å². The minimum atomic E-state index is -4.49. The summed E-state index contributed by atoms with van der Waals surface area (Å²) < 4.78 is 51.3. The Morgan fingerprint density at radius 1 is 1.22 bits per heavy atom. The Morgan fingerprint density at radius 3 is 2.57 bits per heavy atom. The zero-order valence-corrected chi connectivity index (χ0v) is 21.0. The summed E-state index contributed by atoms with van der Waals surface area (Å²) in [7, 11) is 3.05. The van der Waals surface area contributed by atoms with Crippen LogP contribution in [0.2, 0.25) is 0 Å². The number of methoxy groups -OCH3 is 1. The maximum atomic E-state index is 12.9. The number of hydrogen-bond acceptors (Lipinski definition) is 8. The maximum Gasteiger partial charge on any atom is 0.416 e. The lowest BCUT2D eigenvalue weighted by molar-refractivity contribution is -0.0881. The summed E-state index contributed by atoms with van der Waals surface area (Å²) in [5, 5.41) is 11.1. The van der Waals surface area contributed by atoms with E-state index in [0.29, 0.717) is 29.0 Å². The van der Waals surface area contributed by atoms with Gasteiger partial charge in [-0.1, -0.05) is 19.2 Å². The second kappa shape index (κ2) is 13.7. The first-order valence-corrected chi connectivity index (χ1v) is 10.9. The second-order valence-corrected chi connectivity index (χ2v) is 7.63. The molecule has 0 aliphatic rings. The van der Waals surface area contributed by atoms with Crippen LogP contribution in [0.25, 0.3) is 5.70 Å². The molecule has 0 atom stereocenters. The molecule has 0 aromatic carbocycles. The lowest BCUT2D eigenvalue weighted by Crippen LogP contribution is -2.12. The van der Waals surface area contributed by atoms with Gasteiger partial charge in [0.05, 0.1) is 36.3 Å². The number of allylic oxidation sites excluding steroid dienone is 5. The summed E-state index contributed by atoms with van der Waals surface area (Å²) in [4.78, 5) is 12.8. The molecule has 2 aromatic heterocycles. The number of ether oxygens (including phenoxy) is 2. The zero-order chi connectivity index (χ0) is 27.4. The topological polar surface area (TPSA) is 99.7 Å². The van der Waals surface area contributed by atoms with Gasteiger partial charge >= 0.3 is 6.18 Å². The number of aromatic nitrogens is 5. The average molecular weight is 516 g/mol. The van der Waals surface area contributed by atoms with E-state index in [0.717, 1.165) is 17.7 Å². The molecule has 9 nitrogen and oxygen atoms in total. The van der Waals surface area contributed by atoms with Crippen molar-refractivity contribution in [1.82, 2.24) is 25.2 Å². The molecule has 2 aromatic rings. The Hall–Kier alpha value is -4.35. The Labute approximate surface area is 213 Å². The number of aliphatic imine (C=N–C) groups is 2. The highest BCUT2D eigenvalue weighted by Gasteiger charge is 2.30. The van der Waals surface area contributed by atoms with Gasteiger partial charge in [0.1, 0.15) is 12.9 Å². The molecule has 37 heavy (non-hydrogen) atoms. The second-order valence-electron chi connectivity index (χ2n) is 7.63. The third kappa shape index (κ3) is 8.98. The van der Waals surface area contributed by atoms with Gasteiger partial charge in [0.25, 0.3) is 0 Å². The van der Waals surface area contributed by atoms with Gasteiger partial charge in [0.15, 0.2) is 0 Å². The van der Waals surface area contributed by atoms with Crippen LogP contribution < -0.4 is 0 Å². The van der Waals surface area contributed by atoms with E-state index in [1.54, 1.807) is 44.2 Å². The summed E-state index contributed by atoms with van der Waals surface area (Å²) in [6.45, 7) is 11.0. The minimum Gasteiger partial charge on any atom is -0.494 e. The highest BCUT2D eigenvalue weighted by molar-refractivity contribution is 6.14. The van der Waals surface area contributed by atoms with Crippen LogP contribution in [-0.4, -0.2) is 64.2 Å². The largest absolute Gasteiger partial charge is 0.494 e. The van der Waals surface area contributed by atoms with Crippen LogP contribution in [0, 0.1) is 0 Å². The van der Waals surface area contributed by atoms with Gasteiger partial charge in [-0.25, -0.2) is 9.67 Å². The van der Waals surface area contributed by atoms with Gasteiger partial charge in [-0.2, -0.15) is 13.2 Å². The van der Waals surface area contributed by atoms with E-state index in [1.165, 1.54) is 19.5 Å². The van der Waals surface area contributed by atoms with E-state index >= 15 is 0 Å². The van der Waals surface area contributed by atoms with Crippen LogP contribution in [0.5, 0.6) is 0 Å². The molecule has 0 N–H and O–H groups in total. The molecular formula is C25H28F3N7O2. The average Bonchev–Trinajstić information content (AvgIpc) is 3.37. The van der Waals surface area contributed by atoms with Crippen LogP contribution in [0.4, 0.5) is 13.2 Å². The Bertz CT molecular complexity index is 1240. The van der Waals surface area contributed by atoms with Crippen molar-refractivity contribution in [3.8, 4) is 0 Å². The quantitative estimate of drug-likeness (QED) is 0.185. The van der Waals surface area contributed by atoms with Gasteiger partial charge < -0.3 is 9.47 Å². The first kappa shape index (κ1) is 28.9.